The van der Waals surface area contributed by atoms with Crippen LogP contribution in [0.5, 0.6) is 0 Å². The molecule has 0 spiro atoms. The fraction of sp³-hybridized carbons (Fsp3) is 0.250. The summed E-state index contributed by atoms with van der Waals surface area (Å²) in [5, 5.41) is 13.9. The average Bonchev–Trinajstić information content (AvgIpc) is 3.27. The highest BCUT2D eigenvalue weighted by atomic mass is 16.1. The number of carbonyl (C=O) groups is 1. The Morgan fingerprint density at radius 3 is 2.97 bits per heavy atom. The lowest BCUT2D eigenvalue weighted by Gasteiger charge is -2.22. The summed E-state index contributed by atoms with van der Waals surface area (Å²) in [5.74, 6) is 0.303. The maximum atomic E-state index is 12.4. The second-order valence-electron chi connectivity index (χ2n) is 7.94. The minimum Gasteiger partial charge on any atom is -0.375 e. The smallest absolute Gasteiger partial charge is 0.243 e. The highest BCUT2D eigenvalue weighted by molar-refractivity contribution is 5.95. The van der Waals surface area contributed by atoms with E-state index in [-0.39, 0.29) is 12.5 Å². The van der Waals surface area contributed by atoms with Crippen LogP contribution in [0.4, 0.5) is 11.4 Å². The fourth-order valence-electron chi connectivity index (χ4n) is 4.04. The van der Waals surface area contributed by atoms with Crippen molar-refractivity contribution in [2.24, 2.45) is 0 Å². The van der Waals surface area contributed by atoms with Crippen LogP contribution in [0.25, 0.3) is 16.8 Å². The van der Waals surface area contributed by atoms with E-state index in [4.69, 9.17) is 4.98 Å². The van der Waals surface area contributed by atoms with Crippen molar-refractivity contribution in [3.05, 3.63) is 72.9 Å². The van der Waals surface area contributed by atoms with Gasteiger partial charge in [0.15, 0.2) is 0 Å². The quantitative estimate of drug-likeness (QED) is 0.437. The number of hydrogen-bond donors (Lipinski definition) is 3. The van der Waals surface area contributed by atoms with Crippen molar-refractivity contribution in [1.82, 2.24) is 24.9 Å². The molecule has 5 rings (SSSR count). The second-order valence-corrected chi connectivity index (χ2v) is 7.94. The minimum absolute atomic E-state index is 0.135. The van der Waals surface area contributed by atoms with Gasteiger partial charge in [-0.25, -0.2) is 4.52 Å². The fourth-order valence-corrected chi connectivity index (χ4v) is 4.04. The molecule has 0 radical (unpaired) electrons. The van der Waals surface area contributed by atoms with Crippen LogP contribution in [0.1, 0.15) is 24.5 Å². The molecule has 1 unspecified atom stereocenters. The summed E-state index contributed by atoms with van der Waals surface area (Å²) >= 11 is 0. The number of aromatic nitrogens is 4. The normalized spacial score (nSPS) is 16.1. The Morgan fingerprint density at radius 2 is 2.12 bits per heavy atom. The predicted octanol–water partition coefficient (Wildman–Crippen LogP) is 3.31. The van der Waals surface area contributed by atoms with Crippen LogP contribution in [0.2, 0.25) is 0 Å². The van der Waals surface area contributed by atoms with Gasteiger partial charge in [-0.2, -0.15) is 5.10 Å². The number of anilines is 2. The lowest BCUT2D eigenvalue weighted by molar-refractivity contribution is -0.114. The van der Waals surface area contributed by atoms with Crippen LogP contribution in [-0.2, 0) is 4.79 Å². The van der Waals surface area contributed by atoms with E-state index in [1.807, 2.05) is 42.7 Å². The zero-order chi connectivity index (χ0) is 21.8. The zero-order valence-corrected chi connectivity index (χ0v) is 17.7. The molecule has 1 amide bonds. The number of pyridine rings is 3. The number of carbonyl (C=O) groups excluding carboxylic acids is 1. The van der Waals surface area contributed by atoms with Gasteiger partial charge in [0.25, 0.3) is 0 Å². The summed E-state index contributed by atoms with van der Waals surface area (Å²) in [6.45, 7) is 2.20. The van der Waals surface area contributed by atoms with Gasteiger partial charge in [0, 0.05) is 48.0 Å². The summed E-state index contributed by atoms with van der Waals surface area (Å²) in [5.41, 5.74) is 5.36. The number of fused-ring (bicyclic) bond motifs is 1. The summed E-state index contributed by atoms with van der Waals surface area (Å²) in [6, 6.07) is 13.6. The number of piperidine rings is 1. The first-order valence-electron chi connectivity index (χ1n) is 10.9. The Kier molecular flexibility index (Phi) is 5.76. The Hall–Kier alpha value is -3.78. The third-order valence-electron chi connectivity index (χ3n) is 5.68. The van der Waals surface area contributed by atoms with Crippen LogP contribution < -0.4 is 16.0 Å². The van der Waals surface area contributed by atoms with Crippen LogP contribution in [0.15, 0.2) is 67.3 Å². The molecule has 0 aromatic carbocycles. The zero-order valence-electron chi connectivity index (χ0n) is 17.7. The van der Waals surface area contributed by atoms with E-state index in [0.717, 1.165) is 47.7 Å². The molecule has 1 fully saturated rings. The van der Waals surface area contributed by atoms with Crippen LogP contribution in [-0.4, -0.2) is 45.1 Å². The van der Waals surface area contributed by atoms with Crippen molar-refractivity contribution < 1.29 is 4.79 Å². The topological polar surface area (TPSA) is 96.2 Å². The molecule has 1 aliphatic heterocycles. The van der Waals surface area contributed by atoms with Gasteiger partial charge in [-0.15, -0.1) is 0 Å². The van der Waals surface area contributed by atoms with E-state index < -0.39 is 0 Å². The number of rotatable bonds is 6. The molecule has 3 N–H and O–H groups in total. The number of nitrogens with one attached hydrogen (secondary N) is 3. The molecule has 32 heavy (non-hydrogen) atoms. The van der Waals surface area contributed by atoms with Crippen molar-refractivity contribution in [2.75, 3.05) is 30.3 Å². The van der Waals surface area contributed by atoms with E-state index >= 15 is 0 Å². The molecule has 162 valence electrons. The van der Waals surface area contributed by atoms with Gasteiger partial charge in [0.05, 0.1) is 29.6 Å². The lowest BCUT2D eigenvalue weighted by atomic mass is 9.95. The minimum atomic E-state index is -0.135. The van der Waals surface area contributed by atoms with Gasteiger partial charge >= 0.3 is 0 Å². The number of hydrogen-bond acceptors (Lipinski definition) is 6. The van der Waals surface area contributed by atoms with Crippen molar-refractivity contribution in [2.45, 2.75) is 18.8 Å². The molecule has 5 heterocycles. The van der Waals surface area contributed by atoms with Crippen molar-refractivity contribution in [3.8, 4) is 11.3 Å². The van der Waals surface area contributed by atoms with Gasteiger partial charge in [-0.3, -0.25) is 14.8 Å². The summed E-state index contributed by atoms with van der Waals surface area (Å²) in [4.78, 5) is 21.4. The van der Waals surface area contributed by atoms with Crippen molar-refractivity contribution in [3.63, 3.8) is 0 Å². The molecule has 4 aromatic heterocycles. The summed E-state index contributed by atoms with van der Waals surface area (Å²) in [7, 11) is 0. The Labute approximate surface area is 186 Å². The van der Waals surface area contributed by atoms with Crippen LogP contribution >= 0.6 is 0 Å². The monoisotopic (exact) mass is 427 g/mol. The SMILES string of the molecule is O=C(CNc1cccnc1)Nc1ccn2ncc(-c3cccc(C4CCCNC4)n3)c2c1. The Morgan fingerprint density at radius 1 is 1.16 bits per heavy atom. The van der Waals surface area contributed by atoms with Crippen LogP contribution in [0, 0.1) is 0 Å². The number of nitrogens with zero attached hydrogens (tertiary/aromatic N) is 4. The molecular weight excluding hydrogens is 402 g/mol. The Balaban J connectivity index is 1.34. The third-order valence-corrected chi connectivity index (χ3v) is 5.68. The molecule has 0 bridgehead atoms. The molecule has 1 aliphatic rings. The van der Waals surface area contributed by atoms with Gasteiger partial charge in [0.2, 0.25) is 5.91 Å². The molecule has 0 saturated carbocycles. The first kappa shape index (κ1) is 20.1. The van der Waals surface area contributed by atoms with Crippen molar-refractivity contribution >= 4 is 22.8 Å². The van der Waals surface area contributed by atoms with E-state index in [1.54, 1.807) is 16.9 Å². The number of amides is 1. The second kappa shape index (κ2) is 9.15. The van der Waals surface area contributed by atoms with Gasteiger partial charge in [-0.1, -0.05) is 6.07 Å². The van der Waals surface area contributed by atoms with Crippen LogP contribution in [0.3, 0.4) is 0 Å². The van der Waals surface area contributed by atoms with Gasteiger partial charge in [0.1, 0.15) is 0 Å². The van der Waals surface area contributed by atoms with E-state index in [1.165, 1.54) is 6.42 Å². The molecule has 1 saturated heterocycles. The first-order valence-corrected chi connectivity index (χ1v) is 10.9. The summed E-state index contributed by atoms with van der Waals surface area (Å²) < 4.78 is 1.80. The average molecular weight is 428 g/mol. The third kappa shape index (κ3) is 4.45. The van der Waals surface area contributed by atoms with E-state index in [9.17, 15) is 4.79 Å². The van der Waals surface area contributed by atoms with Gasteiger partial charge < -0.3 is 16.0 Å². The maximum Gasteiger partial charge on any atom is 0.243 e. The molecule has 0 aliphatic carbocycles. The predicted molar refractivity (Wildman–Crippen MR) is 125 cm³/mol. The van der Waals surface area contributed by atoms with Gasteiger partial charge in [-0.05, 0) is 55.8 Å². The highest BCUT2D eigenvalue weighted by Gasteiger charge is 2.18. The first-order chi connectivity index (χ1) is 15.8. The van der Waals surface area contributed by atoms with Crippen molar-refractivity contribution in [1.29, 1.82) is 0 Å². The standard InChI is InChI=1S/C24H25N7O/c32-24(16-27-19-5-3-10-26-14-19)29-18-8-11-31-23(12-18)20(15-28-31)22-7-1-6-21(30-22)17-4-2-9-25-13-17/h1,3,5-8,10-12,14-15,17,25,27H,2,4,9,13,16H2,(H,29,32). The molecule has 1 atom stereocenters. The highest BCUT2D eigenvalue weighted by Crippen LogP contribution is 2.28. The van der Waals surface area contributed by atoms with E-state index in [0.29, 0.717) is 11.6 Å². The molecular formula is C24H25N7O. The van der Waals surface area contributed by atoms with E-state index in [2.05, 4.69) is 38.2 Å². The molecule has 4 aromatic rings. The Bertz CT molecular complexity index is 1220. The lowest BCUT2D eigenvalue weighted by Crippen LogP contribution is -2.28. The molecule has 8 nitrogen and oxygen atoms in total. The summed E-state index contributed by atoms with van der Waals surface area (Å²) in [6.07, 6.45) is 9.38. The molecule has 8 heteroatoms. The largest absolute Gasteiger partial charge is 0.375 e. The maximum absolute atomic E-state index is 12.4.